The number of carboxylic acid groups (broad SMARTS) is 1. The third-order valence-corrected chi connectivity index (χ3v) is 2.33. The van der Waals surface area contributed by atoms with Crippen LogP contribution in [0.2, 0.25) is 0 Å². The van der Waals surface area contributed by atoms with E-state index in [1.54, 1.807) is 18.2 Å². The molecule has 0 atom stereocenters. The lowest BCUT2D eigenvalue weighted by Gasteiger charge is -2.12. The SMILES string of the molecule is CCOc1ccc(OCC)c(COC(=O)CC(=O)O)c1. The van der Waals surface area contributed by atoms with Crippen LogP contribution in [0.4, 0.5) is 0 Å². The van der Waals surface area contributed by atoms with Crippen LogP contribution in [0.5, 0.6) is 11.5 Å². The van der Waals surface area contributed by atoms with E-state index in [2.05, 4.69) is 0 Å². The molecule has 0 aliphatic heterocycles. The Labute approximate surface area is 117 Å². The molecule has 1 aromatic carbocycles. The predicted octanol–water partition coefficient (Wildman–Crippen LogP) is 2.00. The Morgan fingerprint density at radius 2 is 1.85 bits per heavy atom. The lowest BCUT2D eigenvalue weighted by molar-refractivity contribution is -0.152. The lowest BCUT2D eigenvalue weighted by Crippen LogP contribution is -2.11. The second-order valence-corrected chi connectivity index (χ2v) is 3.87. The molecule has 6 nitrogen and oxygen atoms in total. The standard InChI is InChI=1S/C14H18O6/c1-3-18-11-5-6-12(19-4-2)10(7-11)9-20-14(17)8-13(15)16/h5-7H,3-4,8-9H2,1-2H3,(H,15,16). The molecule has 0 amide bonds. The van der Waals surface area contributed by atoms with Gasteiger partial charge in [0.1, 0.15) is 24.5 Å². The van der Waals surface area contributed by atoms with Gasteiger partial charge in [0.2, 0.25) is 0 Å². The van der Waals surface area contributed by atoms with Crippen LogP contribution in [-0.4, -0.2) is 30.3 Å². The molecule has 0 aliphatic carbocycles. The highest BCUT2D eigenvalue weighted by atomic mass is 16.5. The van der Waals surface area contributed by atoms with Gasteiger partial charge in [-0.15, -0.1) is 0 Å². The van der Waals surface area contributed by atoms with E-state index < -0.39 is 18.4 Å². The fraction of sp³-hybridized carbons (Fsp3) is 0.429. The summed E-state index contributed by atoms with van der Waals surface area (Å²) in [6, 6.07) is 5.20. The van der Waals surface area contributed by atoms with E-state index in [9.17, 15) is 9.59 Å². The highest BCUT2D eigenvalue weighted by Crippen LogP contribution is 2.25. The smallest absolute Gasteiger partial charge is 0.317 e. The van der Waals surface area contributed by atoms with Gasteiger partial charge in [0.05, 0.1) is 13.2 Å². The van der Waals surface area contributed by atoms with Gasteiger partial charge in [-0.1, -0.05) is 0 Å². The molecular formula is C14H18O6. The molecule has 0 unspecified atom stereocenters. The van der Waals surface area contributed by atoms with E-state index >= 15 is 0 Å². The zero-order chi connectivity index (χ0) is 15.0. The zero-order valence-electron chi connectivity index (χ0n) is 11.5. The molecule has 1 aromatic rings. The number of ether oxygens (including phenoxy) is 3. The summed E-state index contributed by atoms with van der Waals surface area (Å²) < 4.78 is 15.7. The van der Waals surface area contributed by atoms with E-state index in [0.717, 1.165) is 0 Å². The van der Waals surface area contributed by atoms with Gasteiger partial charge in [-0.25, -0.2) is 0 Å². The monoisotopic (exact) mass is 282 g/mol. The summed E-state index contributed by atoms with van der Waals surface area (Å²) in [7, 11) is 0. The quantitative estimate of drug-likeness (QED) is 0.580. The van der Waals surface area contributed by atoms with Crippen LogP contribution in [0.25, 0.3) is 0 Å². The van der Waals surface area contributed by atoms with Crippen molar-refractivity contribution in [2.24, 2.45) is 0 Å². The minimum atomic E-state index is -1.22. The van der Waals surface area contributed by atoms with Gasteiger partial charge in [0, 0.05) is 5.56 Å². The number of esters is 1. The van der Waals surface area contributed by atoms with Crippen molar-refractivity contribution in [3.8, 4) is 11.5 Å². The number of hydrogen-bond donors (Lipinski definition) is 1. The Hall–Kier alpha value is -2.24. The fourth-order valence-electron chi connectivity index (χ4n) is 1.55. The van der Waals surface area contributed by atoms with Crippen molar-refractivity contribution in [3.05, 3.63) is 23.8 Å². The average Bonchev–Trinajstić information content (AvgIpc) is 2.38. The summed E-state index contributed by atoms with van der Waals surface area (Å²) >= 11 is 0. The molecule has 0 fully saturated rings. The zero-order valence-corrected chi connectivity index (χ0v) is 11.5. The minimum Gasteiger partial charge on any atom is -0.494 e. The number of carbonyl (C=O) groups excluding carboxylic acids is 1. The van der Waals surface area contributed by atoms with Crippen LogP contribution in [0.3, 0.4) is 0 Å². The maximum Gasteiger partial charge on any atom is 0.317 e. The number of aliphatic carboxylic acids is 1. The molecular weight excluding hydrogens is 264 g/mol. The molecule has 20 heavy (non-hydrogen) atoms. The first-order valence-electron chi connectivity index (χ1n) is 6.32. The summed E-state index contributed by atoms with van der Waals surface area (Å²) in [6.45, 7) is 4.65. The van der Waals surface area contributed by atoms with Crippen molar-refractivity contribution in [2.45, 2.75) is 26.9 Å². The summed E-state index contributed by atoms with van der Waals surface area (Å²) in [5.41, 5.74) is 0.636. The van der Waals surface area contributed by atoms with E-state index in [0.29, 0.717) is 30.3 Å². The van der Waals surface area contributed by atoms with E-state index in [-0.39, 0.29) is 6.61 Å². The minimum absolute atomic E-state index is 0.0532. The Bertz CT molecular complexity index is 469. The molecule has 1 rings (SSSR count). The molecule has 0 heterocycles. The number of carbonyl (C=O) groups is 2. The molecule has 0 saturated heterocycles. The summed E-state index contributed by atoms with van der Waals surface area (Å²) in [6.07, 6.45) is -0.658. The van der Waals surface area contributed by atoms with E-state index in [1.807, 2.05) is 13.8 Å². The van der Waals surface area contributed by atoms with Gasteiger partial charge in [-0.05, 0) is 32.0 Å². The Balaban J connectivity index is 2.75. The molecule has 0 saturated carbocycles. The second-order valence-electron chi connectivity index (χ2n) is 3.87. The van der Waals surface area contributed by atoms with Crippen LogP contribution in [0.1, 0.15) is 25.8 Å². The summed E-state index contributed by atoms with van der Waals surface area (Å²) in [5, 5.41) is 8.49. The van der Waals surface area contributed by atoms with Crippen LogP contribution in [0.15, 0.2) is 18.2 Å². The molecule has 110 valence electrons. The third kappa shape index (κ3) is 5.17. The van der Waals surface area contributed by atoms with Crippen LogP contribution in [0, 0.1) is 0 Å². The second kappa shape index (κ2) is 8.04. The predicted molar refractivity (Wildman–Crippen MR) is 70.8 cm³/mol. The molecule has 6 heteroatoms. The van der Waals surface area contributed by atoms with E-state index in [1.165, 1.54) is 0 Å². The molecule has 0 aromatic heterocycles. The summed E-state index contributed by atoms with van der Waals surface area (Å²) in [4.78, 5) is 21.6. The fourth-order valence-corrected chi connectivity index (χ4v) is 1.55. The van der Waals surface area contributed by atoms with Crippen LogP contribution in [-0.2, 0) is 20.9 Å². The van der Waals surface area contributed by atoms with Crippen molar-refractivity contribution >= 4 is 11.9 Å². The van der Waals surface area contributed by atoms with Gasteiger partial charge in [0.25, 0.3) is 0 Å². The van der Waals surface area contributed by atoms with Gasteiger partial charge in [-0.2, -0.15) is 0 Å². The van der Waals surface area contributed by atoms with Crippen molar-refractivity contribution in [1.82, 2.24) is 0 Å². The first-order valence-corrected chi connectivity index (χ1v) is 6.32. The summed E-state index contributed by atoms with van der Waals surface area (Å²) in [5.74, 6) is -0.788. The molecule has 0 bridgehead atoms. The first-order chi connectivity index (χ1) is 9.56. The Morgan fingerprint density at radius 3 is 2.45 bits per heavy atom. The Morgan fingerprint density at radius 1 is 1.15 bits per heavy atom. The number of hydrogen-bond acceptors (Lipinski definition) is 5. The Kier molecular flexibility index (Phi) is 6.36. The van der Waals surface area contributed by atoms with Crippen LogP contribution >= 0.6 is 0 Å². The maximum absolute atomic E-state index is 11.2. The largest absolute Gasteiger partial charge is 0.494 e. The van der Waals surface area contributed by atoms with Gasteiger partial charge < -0.3 is 19.3 Å². The van der Waals surface area contributed by atoms with Crippen molar-refractivity contribution < 1.29 is 28.9 Å². The number of carboxylic acids is 1. The van der Waals surface area contributed by atoms with Crippen molar-refractivity contribution in [2.75, 3.05) is 13.2 Å². The average molecular weight is 282 g/mol. The topological polar surface area (TPSA) is 82.1 Å². The van der Waals surface area contributed by atoms with Crippen LogP contribution < -0.4 is 9.47 Å². The van der Waals surface area contributed by atoms with Gasteiger partial charge in [-0.3, -0.25) is 9.59 Å². The number of rotatable bonds is 8. The molecule has 0 aliphatic rings. The lowest BCUT2D eigenvalue weighted by atomic mass is 10.2. The maximum atomic E-state index is 11.2. The molecule has 0 radical (unpaired) electrons. The third-order valence-electron chi connectivity index (χ3n) is 2.33. The highest BCUT2D eigenvalue weighted by molar-refractivity contribution is 5.90. The van der Waals surface area contributed by atoms with Gasteiger partial charge in [0.15, 0.2) is 0 Å². The molecule has 1 N–H and O–H groups in total. The van der Waals surface area contributed by atoms with Gasteiger partial charge >= 0.3 is 11.9 Å². The first kappa shape index (κ1) is 15.8. The molecule has 0 spiro atoms. The van der Waals surface area contributed by atoms with Crippen molar-refractivity contribution in [1.29, 1.82) is 0 Å². The van der Waals surface area contributed by atoms with Crippen molar-refractivity contribution in [3.63, 3.8) is 0 Å². The normalized spacial score (nSPS) is 9.90. The highest BCUT2D eigenvalue weighted by Gasteiger charge is 2.12. The van der Waals surface area contributed by atoms with E-state index in [4.69, 9.17) is 19.3 Å². The number of benzene rings is 1.